The van der Waals surface area contributed by atoms with Gasteiger partial charge in [-0.1, -0.05) is 6.92 Å². The molecule has 1 heterocycles. The highest BCUT2D eigenvalue weighted by Gasteiger charge is 2.18. The van der Waals surface area contributed by atoms with Crippen molar-refractivity contribution in [3.05, 3.63) is 34.9 Å². The second-order valence-corrected chi connectivity index (χ2v) is 4.60. The van der Waals surface area contributed by atoms with Crippen molar-refractivity contribution in [3.8, 4) is 0 Å². The summed E-state index contributed by atoms with van der Waals surface area (Å²) in [4.78, 5) is 13.7. The third-order valence-electron chi connectivity index (χ3n) is 3.22. The Morgan fingerprint density at radius 2 is 2.00 bits per heavy atom. The van der Waals surface area contributed by atoms with Gasteiger partial charge in [-0.05, 0) is 17.7 Å². The first-order valence-electron chi connectivity index (χ1n) is 6.43. The van der Waals surface area contributed by atoms with Gasteiger partial charge in [-0.15, -0.1) is 0 Å². The minimum atomic E-state index is -1.04. The van der Waals surface area contributed by atoms with E-state index in [4.69, 9.17) is 4.74 Å². The van der Waals surface area contributed by atoms with Gasteiger partial charge in [0.15, 0.2) is 17.4 Å². The highest BCUT2D eigenvalue weighted by Crippen LogP contribution is 2.18. The van der Waals surface area contributed by atoms with Crippen molar-refractivity contribution in [1.82, 2.24) is 4.90 Å². The van der Waals surface area contributed by atoms with Crippen molar-refractivity contribution < 1.29 is 18.3 Å². The molecule has 1 aromatic rings. The highest BCUT2D eigenvalue weighted by atomic mass is 19.2. The van der Waals surface area contributed by atoms with E-state index in [2.05, 4.69) is 4.90 Å². The Balaban J connectivity index is 2.20. The molecule has 3 nitrogen and oxygen atoms in total. The average molecular weight is 269 g/mol. The summed E-state index contributed by atoms with van der Waals surface area (Å²) >= 11 is 0. The zero-order valence-electron chi connectivity index (χ0n) is 10.9. The van der Waals surface area contributed by atoms with Gasteiger partial charge in [0.25, 0.3) is 0 Å². The number of carbonyl (C=O) groups is 1. The van der Waals surface area contributed by atoms with E-state index in [1.165, 1.54) is 6.07 Å². The van der Waals surface area contributed by atoms with Gasteiger partial charge in [-0.3, -0.25) is 9.69 Å². The lowest BCUT2D eigenvalue weighted by Gasteiger charge is -2.26. The lowest BCUT2D eigenvalue weighted by Crippen LogP contribution is -2.35. The molecule has 1 saturated heterocycles. The molecule has 1 aliphatic rings. The summed E-state index contributed by atoms with van der Waals surface area (Å²) in [6.45, 7) is 4.94. The van der Waals surface area contributed by atoms with Gasteiger partial charge in [-0.2, -0.15) is 0 Å². The molecule has 5 heteroatoms. The van der Waals surface area contributed by atoms with Crippen LogP contribution in [0.15, 0.2) is 12.1 Å². The van der Waals surface area contributed by atoms with Crippen LogP contribution in [0.2, 0.25) is 0 Å². The Bertz CT molecular complexity index is 471. The molecule has 0 spiro atoms. The van der Waals surface area contributed by atoms with Crippen LogP contribution >= 0.6 is 0 Å². The molecule has 0 bridgehead atoms. The smallest absolute Gasteiger partial charge is 0.169 e. The number of benzene rings is 1. The zero-order chi connectivity index (χ0) is 13.8. The van der Waals surface area contributed by atoms with E-state index in [0.717, 1.165) is 19.2 Å². The molecule has 0 aromatic heterocycles. The van der Waals surface area contributed by atoms with Gasteiger partial charge in [0.1, 0.15) is 0 Å². The second-order valence-electron chi connectivity index (χ2n) is 4.60. The summed E-state index contributed by atoms with van der Waals surface area (Å²) < 4.78 is 32.3. The van der Waals surface area contributed by atoms with Gasteiger partial charge in [0.2, 0.25) is 0 Å². The van der Waals surface area contributed by atoms with Crippen molar-refractivity contribution in [2.75, 3.05) is 26.3 Å². The number of rotatable bonds is 4. The molecule has 0 unspecified atom stereocenters. The molecule has 1 aromatic carbocycles. The molecule has 104 valence electrons. The van der Waals surface area contributed by atoms with Gasteiger partial charge >= 0.3 is 0 Å². The number of ether oxygens (including phenoxy) is 1. The molecule has 0 atom stereocenters. The standard InChI is InChI=1S/C14H17F2NO2/c1-2-13(18)11-7-10(8-12(15)14(11)16)9-17-3-5-19-6-4-17/h7-8H,2-6,9H2,1H3. The fourth-order valence-corrected chi connectivity index (χ4v) is 2.15. The largest absolute Gasteiger partial charge is 0.379 e. The summed E-state index contributed by atoms with van der Waals surface area (Å²) in [6, 6.07) is 2.62. The monoisotopic (exact) mass is 269 g/mol. The van der Waals surface area contributed by atoms with Crippen LogP contribution in [-0.4, -0.2) is 37.0 Å². The Morgan fingerprint density at radius 3 is 2.63 bits per heavy atom. The van der Waals surface area contributed by atoms with Crippen LogP contribution < -0.4 is 0 Å². The lowest BCUT2D eigenvalue weighted by molar-refractivity contribution is 0.0341. The zero-order valence-corrected chi connectivity index (χ0v) is 10.9. The summed E-state index contributed by atoms with van der Waals surface area (Å²) in [5, 5.41) is 0. The van der Waals surface area contributed by atoms with Crippen LogP contribution in [0.4, 0.5) is 8.78 Å². The normalized spacial score (nSPS) is 16.6. The number of halogens is 2. The SMILES string of the molecule is CCC(=O)c1cc(CN2CCOCC2)cc(F)c1F. The average Bonchev–Trinajstić information content (AvgIpc) is 2.43. The van der Waals surface area contributed by atoms with Gasteiger partial charge in [0, 0.05) is 26.1 Å². The third kappa shape index (κ3) is 3.36. The number of hydrogen-bond donors (Lipinski definition) is 0. The number of nitrogens with zero attached hydrogens (tertiary/aromatic N) is 1. The van der Waals surface area contributed by atoms with Crippen LogP contribution in [-0.2, 0) is 11.3 Å². The first kappa shape index (κ1) is 14.1. The maximum Gasteiger partial charge on any atom is 0.169 e. The van der Waals surface area contributed by atoms with Crippen LogP contribution in [0.25, 0.3) is 0 Å². The van der Waals surface area contributed by atoms with Crippen LogP contribution in [0.1, 0.15) is 29.3 Å². The predicted molar refractivity (Wildman–Crippen MR) is 67.1 cm³/mol. The third-order valence-corrected chi connectivity index (χ3v) is 3.22. The van der Waals surface area contributed by atoms with Crippen molar-refractivity contribution in [2.45, 2.75) is 19.9 Å². The molecule has 0 aliphatic carbocycles. The molecular formula is C14H17F2NO2. The lowest BCUT2D eigenvalue weighted by atomic mass is 10.0. The van der Waals surface area contributed by atoms with E-state index >= 15 is 0 Å². The van der Waals surface area contributed by atoms with E-state index in [0.29, 0.717) is 25.3 Å². The van der Waals surface area contributed by atoms with E-state index in [1.807, 2.05) is 0 Å². The number of morpholine rings is 1. The topological polar surface area (TPSA) is 29.5 Å². The fourth-order valence-electron chi connectivity index (χ4n) is 2.15. The summed E-state index contributed by atoms with van der Waals surface area (Å²) in [5.41, 5.74) is 0.475. The Morgan fingerprint density at radius 1 is 1.32 bits per heavy atom. The first-order chi connectivity index (χ1) is 9.11. The molecule has 19 heavy (non-hydrogen) atoms. The van der Waals surface area contributed by atoms with Crippen molar-refractivity contribution in [3.63, 3.8) is 0 Å². The van der Waals surface area contributed by atoms with E-state index in [9.17, 15) is 13.6 Å². The number of ketones is 1. The van der Waals surface area contributed by atoms with Crippen LogP contribution in [0.3, 0.4) is 0 Å². The van der Waals surface area contributed by atoms with E-state index in [1.54, 1.807) is 6.92 Å². The molecule has 2 rings (SSSR count). The maximum atomic E-state index is 13.6. The molecule has 0 radical (unpaired) electrons. The molecule has 1 fully saturated rings. The number of hydrogen-bond acceptors (Lipinski definition) is 3. The Kier molecular flexibility index (Phi) is 4.61. The van der Waals surface area contributed by atoms with Gasteiger partial charge in [-0.25, -0.2) is 8.78 Å². The predicted octanol–water partition coefficient (Wildman–Crippen LogP) is 2.39. The van der Waals surface area contributed by atoms with Gasteiger partial charge in [0.05, 0.1) is 18.8 Å². The summed E-state index contributed by atoms with van der Waals surface area (Å²) in [6.07, 6.45) is 0.164. The van der Waals surface area contributed by atoms with Crippen LogP contribution in [0, 0.1) is 11.6 Å². The minimum Gasteiger partial charge on any atom is -0.379 e. The van der Waals surface area contributed by atoms with Crippen LogP contribution in [0.5, 0.6) is 0 Å². The summed E-state index contributed by atoms with van der Waals surface area (Å²) in [5.74, 6) is -2.37. The molecule has 0 amide bonds. The van der Waals surface area contributed by atoms with Gasteiger partial charge < -0.3 is 4.74 Å². The van der Waals surface area contributed by atoms with Crippen molar-refractivity contribution >= 4 is 5.78 Å². The number of carbonyl (C=O) groups excluding carboxylic acids is 1. The van der Waals surface area contributed by atoms with E-state index < -0.39 is 11.6 Å². The molecule has 1 aliphatic heterocycles. The van der Waals surface area contributed by atoms with Crippen molar-refractivity contribution in [2.24, 2.45) is 0 Å². The highest BCUT2D eigenvalue weighted by molar-refractivity contribution is 5.96. The Labute approximate surface area is 111 Å². The first-order valence-corrected chi connectivity index (χ1v) is 6.43. The Hall–Kier alpha value is -1.33. The minimum absolute atomic E-state index is 0.147. The second kappa shape index (κ2) is 6.21. The van der Waals surface area contributed by atoms with Crippen molar-refractivity contribution in [1.29, 1.82) is 0 Å². The fraction of sp³-hybridized carbons (Fsp3) is 0.500. The number of Topliss-reactive ketones (excluding diaryl/α,β-unsaturated/α-hetero) is 1. The summed E-state index contributed by atoms with van der Waals surface area (Å²) in [7, 11) is 0. The maximum absolute atomic E-state index is 13.6. The van der Waals surface area contributed by atoms with E-state index in [-0.39, 0.29) is 17.8 Å². The molecule has 0 saturated carbocycles. The molecular weight excluding hydrogens is 252 g/mol. The molecule has 0 N–H and O–H groups in total. The quantitative estimate of drug-likeness (QED) is 0.786.